The summed E-state index contributed by atoms with van der Waals surface area (Å²) in [6, 6.07) is 8.36. The van der Waals surface area contributed by atoms with Gasteiger partial charge in [-0.15, -0.1) is 0 Å². The van der Waals surface area contributed by atoms with Crippen LogP contribution in [0.1, 0.15) is 12.0 Å². The van der Waals surface area contributed by atoms with Crippen LogP contribution in [0.25, 0.3) is 0 Å². The van der Waals surface area contributed by atoms with E-state index in [0.29, 0.717) is 13.0 Å². The Balaban J connectivity index is 2.55. The zero-order valence-corrected chi connectivity index (χ0v) is 10.3. The van der Waals surface area contributed by atoms with Crippen molar-refractivity contribution in [3.63, 3.8) is 0 Å². The lowest BCUT2D eigenvalue weighted by atomic mass is 10.1. The summed E-state index contributed by atoms with van der Waals surface area (Å²) < 4.78 is 0. The molecular weight excluding hydrogens is 232 g/mol. The number of hydrogen-bond acceptors (Lipinski definition) is 3. The van der Waals surface area contributed by atoms with E-state index in [1.54, 1.807) is 7.05 Å². The zero-order valence-electron chi connectivity index (χ0n) is 10.3. The maximum absolute atomic E-state index is 11.5. The maximum atomic E-state index is 11.5. The Morgan fingerprint density at radius 1 is 1.28 bits per heavy atom. The molecule has 1 rings (SSSR count). The van der Waals surface area contributed by atoms with Gasteiger partial charge in [0.1, 0.15) is 6.04 Å². The lowest BCUT2D eigenvalue weighted by molar-refractivity contribution is -0.141. The minimum absolute atomic E-state index is 0.257. The number of carbonyl (C=O) groups is 2. The van der Waals surface area contributed by atoms with Crippen LogP contribution in [0.5, 0.6) is 0 Å². The molecule has 0 saturated heterocycles. The molecule has 3 N–H and O–H groups in total. The van der Waals surface area contributed by atoms with Crippen molar-refractivity contribution >= 4 is 11.9 Å². The van der Waals surface area contributed by atoms with Gasteiger partial charge in [-0.05, 0) is 12.6 Å². The number of aliphatic carboxylic acids is 1. The second kappa shape index (κ2) is 7.45. The second-order valence-corrected chi connectivity index (χ2v) is 4.00. The Kier molecular flexibility index (Phi) is 5.87. The first kappa shape index (κ1) is 14.2. The minimum atomic E-state index is -1.02. The number of carbonyl (C=O) groups excluding carboxylic acids is 1. The van der Waals surface area contributed by atoms with Crippen LogP contribution in [0.2, 0.25) is 0 Å². The Bertz CT molecular complexity index is 392. The molecule has 0 radical (unpaired) electrons. The predicted molar refractivity (Wildman–Crippen MR) is 68.3 cm³/mol. The molecule has 0 aliphatic rings. The van der Waals surface area contributed by atoms with E-state index in [0.717, 1.165) is 5.56 Å². The highest BCUT2D eigenvalue weighted by molar-refractivity contribution is 5.83. The van der Waals surface area contributed by atoms with Crippen LogP contribution in [0.3, 0.4) is 0 Å². The first-order valence-electron chi connectivity index (χ1n) is 5.84. The van der Waals surface area contributed by atoms with Crippen molar-refractivity contribution in [3.05, 3.63) is 35.9 Å². The number of carboxylic acid groups (broad SMARTS) is 1. The van der Waals surface area contributed by atoms with E-state index in [-0.39, 0.29) is 12.3 Å². The number of carboxylic acids is 1. The molecule has 1 amide bonds. The number of amides is 1. The van der Waals surface area contributed by atoms with Crippen molar-refractivity contribution in [2.75, 3.05) is 13.6 Å². The summed E-state index contributed by atoms with van der Waals surface area (Å²) in [7, 11) is 1.74. The van der Waals surface area contributed by atoms with Crippen LogP contribution in [0.4, 0.5) is 0 Å². The van der Waals surface area contributed by atoms with Gasteiger partial charge < -0.3 is 15.7 Å². The third kappa shape index (κ3) is 4.97. The molecule has 98 valence electrons. The molecule has 0 saturated carbocycles. The highest BCUT2D eigenvalue weighted by Gasteiger charge is 2.19. The van der Waals surface area contributed by atoms with E-state index in [1.165, 1.54) is 0 Å². The van der Waals surface area contributed by atoms with Crippen LogP contribution in [0, 0.1) is 0 Å². The monoisotopic (exact) mass is 250 g/mol. The molecule has 1 atom stereocenters. The molecular formula is C13H18N2O3. The highest BCUT2D eigenvalue weighted by Crippen LogP contribution is 2.03. The number of nitrogens with one attached hydrogen (secondary N) is 2. The first-order chi connectivity index (χ1) is 8.63. The number of rotatable bonds is 7. The second-order valence-electron chi connectivity index (χ2n) is 4.00. The largest absolute Gasteiger partial charge is 0.480 e. The molecule has 0 aromatic heterocycles. The highest BCUT2D eigenvalue weighted by atomic mass is 16.4. The van der Waals surface area contributed by atoms with E-state index in [1.807, 2.05) is 30.3 Å². The van der Waals surface area contributed by atoms with Gasteiger partial charge in [-0.3, -0.25) is 4.79 Å². The summed E-state index contributed by atoms with van der Waals surface area (Å²) in [6.45, 7) is 0.531. The first-order valence-corrected chi connectivity index (χ1v) is 5.84. The SMILES string of the molecule is CNCCC(=O)N[C@@H](Cc1ccccc1)C(=O)O. The van der Waals surface area contributed by atoms with E-state index in [2.05, 4.69) is 10.6 Å². The van der Waals surface area contributed by atoms with Crippen molar-refractivity contribution in [1.29, 1.82) is 0 Å². The van der Waals surface area contributed by atoms with Crippen molar-refractivity contribution in [2.24, 2.45) is 0 Å². The Hall–Kier alpha value is -1.88. The zero-order chi connectivity index (χ0) is 13.4. The lowest BCUT2D eigenvalue weighted by Crippen LogP contribution is -2.43. The molecule has 0 aliphatic carbocycles. The van der Waals surface area contributed by atoms with Crippen molar-refractivity contribution in [2.45, 2.75) is 18.9 Å². The molecule has 0 spiro atoms. The molecule has 1 aromatic carbocycles. The van der Waals surface area contributed by atoms with Gasteiger partial charge in [0, 0.05) is 19.4 Å². The number of hydrogen-bond donors (Lipinski definition) is 3. The molecule has 5 heteroatoms. The normalized spacial score (nSPS) is 11.8. The minimum Gasteiger partial charge on any atom is -0.480 e. The molecule has 0 fully saturated rings. The van der Waals surface area contributed by atoms with Gasteiger partial charge in [-0.2, -0.15) is 0 Å². The maximum Gasteiger partial charge on any atom is 0.326 e. The Morgan fingerprint density at radius 2 is 1.94 bits per heavy atom. The van der Waals surface area contributed by atoms with Crippen LogP contribution in [-0.2, 0) is 16.0 Å². The molecule has 1 aromatic rings. The van der Waals surface area contributed by atoms with Gasteiger partial charge in [0.25, 0.3) is 0 Å². The topological polar surface area (TPSA) is 78.4 Å². The molecule has 0 bridgehead atoms. The van der Waals surface area contributed by atoms with Gasteiger partial charge in [0.15, 0.2) is 0 Å². The fourth-order valence-electron chi connectivity index (χ4n) is 1.55. The summed E-state index contributed by atoms with van der Waals surface area (Å²) in [5, 5.41) is 14.4. The van der Waals surface area contributed by atoms with Crippen molar-refractivity contribution in [3.8, 4) is 0 Å². The van der Waals surface area contributed by atoms with Crippen LogP contribution >= 0.6 is 0 Å². The average molecular weight is 250 g/mol. The van der Waals surface area contributed by atoms with Gasteiger partial charge in [-0.25, -0.2) is 4.79 Å². The smallest absolute Gasteiger partial charge is 0.326 e. The van der Waals surface area contributed by atoms with E-state index in [4.69, 9.17) is 5.11 Å². The summed E-state index contributed by atoms with van der Waals surface area (Å²) in [5.41, 5.74) is 0.888. The molecule has 0 heterocycles. The summed E-state index contributed by atoms with van der Waals surface area (Å²) in [5.74, 6) is -1.27. The summed E-state index contributed by atoms with van der Waals surface area (Å²) >= 11 is 0. The van der Waals surface area contributed by atoms with E-state index < -0.39 is 12.0 Å². The third-order valence-electron chi connectivity index (χ3n) is 2.52. The average Bonchev–Trinajstić information content (AvgIpc) is 2.36. The molecule has 5 nitrogen and oxygen atoms in total. The lowest BCUT2D eigenvalue weighted by Gasteiger charge is -2.14. The summed E-state index contributed by atoms with van der Waals surface area (Å²) in [6.07, 6.45) is 0.566. The third-order valence-corrected chi connectivity index (χ3v) is 2.52. The van der Waals surface area contributed by atoms with Gasteiger partial charge in [0.05, 0.1) is 0 Å². The Labute approximate surface area is 106 Å². The quantitative estimate of drug-likeness (QED) is 0.655. The van der Waals surface area contributed by atoms with Crippen LogP contribution < -0.4 is 10.6 Å². The Morgan fingerprint density at radius 3 is 2.50 bits per heavy atom. The van der Waals surface area contributed by atoms with Crippen LogP contribution in [-0.4, -0.2) is 36.6 Å². The summed E-state index contributed by atoms with van der Waals surface area (Å²) in [4.78, 5) is 22.6. The standard InChI is InChI=1S/C13H18N2O3/c1-14-8-7-12(16)15-11(13(17)18)9-10-5-3-2-4-6-10/h2-6,11,14H,7-9H2,1H3,(H,15,16)(H,17,18)/t11-/m0/s1. The predicted octanol–water partition coefficient (Wildman–Crippen LogP) is 0.408. The van der Waals surface area contributed by atoms with Gasteiger partial charge in [-0.1, -0.05) is 30.3 Å². The van der Waals surface area contributed by atoms with E-state index >= 15 is 0 Å². The number of benzene rings is 1. The van der Waals surface area contributed by atoms with Crippen molar-refractivity contribution < 1.29 is 14.7 Å². The molecule has 18 heavy (non-hydrogen) atoms. The van der Waals surface area contributed by atoms with Gasteiger partial charge >= 0.3 is 5.97 Å². The fraction of sp³-hybridized carbons (Fsp3) is 0.385. The van der Waals surface area contributed by atoms with Gasteiger partial charge in [0.2, 0.25) is 5.91 Å². The molecule has 0 unspecified atom stereocenters. The molecule has 0 aliphatic heterocycles. The fourth-order valence-corrected chi connectivity index (χ4v) is 1.55. The van der Waals surface area contributed by atoms with Crippen LogP contribution in [0.15, 0.2) is 30.3 Å². The van der Waals surface area contributed by atoms with E-state index in [9.17, 15) is 9.59 Å². The van der Waals surface area contributed by atoms with Crippen molar-refractivity contribution in [1.82, 2.24) is 10.6 Å².